The lowest BCUT2D eigenvalue weighted by Crippen LogP contribution is -2.27. The van der Waals surface area contributed by atoms with Crippen LogP contribution in [0.4, 0.5) is 9.57 Å². The molecule has 6 nitrogen and oxygen atoms in total. The molecular formula is C11H9BrFNO5S. The van der Waals surface area contributed by atoms with Crippen molar-refractivity contribution in [1.29, 1.82) is 0 Å². The Morgan fingerprint density at radius 2 is 2.05 bits per heavy atom. The Bertz CT molecular complexity index is 690. The van der Waals surface area contributed by atoms with Crippen LogP contribution in [-0.2, 0) is 15.0 Å². The van der Waals surface area contributed by atoms with Crippen molar-refractivity contribution in [3.63, 3.8) is 0 Å². The summed E-state index contributed by atoms with van der Waals surface area (Å²) in [5.41, 5.74) is 0.154. The number of benzene rings is 1. The van der Waals surface area contributed by atoms with Gasteiger partial charge < -0.3 is 10.0 Å². The van der Waals surface area contributed by atoms with Gasteiger partial charge in [0.1, 0.15) is 5.25 Å². The lowest BCUT2D eigenvalue weighted by molar-refractivity contribution is -0.117. The van der Waals surface area contributed by atoms with Crippen LogP contribution in [0.5, 0.6) is 0 Å². The van der Waals surface area contributed by atoms with Gasteiger partial charge in [-0.1, -0.05) is 15.9 Å². The second kappa shape index (κ2) is 5.13. The molecule has 0 aliphatic carbocycles. The van der Waals surface area contributed by atoms with Gasteiger partial charge in [0.25, 0.3) is 0 Å². The molecule has 0 spiro atoms. The Morgan fingerprint density at radius 1 is 1.40 bits per heavy atom. The van der Waals surface area contributed by atoms with Crippen LogP contribution in [0.3, 0.4) is 0 Å². The van der Waals surface area contributed by atoms with Crippen molar-refractivity contribution in [2.75, 3.05) is 11.4 Å². The first-order chi connectivity index (χ1) is 9.18. The number of carbonyl (C=O) groups is 2. The number of hydrogen-bond donors (Lipinski definition) is 1. The Hall–Kier alpha value is -1.48. The van der Waals surface area contributed by atoms with Gasteiger partial charge in [-0.2, -0.15) is 8.42 Å². The summed E-state index contributed by atoms with van der Waals surface area (Å²) in [4.78, 5) is 23.8. The van der Waals surface area contributed by atoms with Gasteiger partial charge in [0.15, 0.2) is 0 Å². The molecule has 1 heterocycles. The third-order valence-corrected chi connectivity index (χ3v) is 4.50. The molecule has 0 radical (unpaired) electrons. The smallest absolute Gasteiger partial charge is 0.335 e. The molecule has 1 N–H and O–H groups in total. The zero-order valence-corrected chi connectivity index (χ0v) is 12.3. The number of anilines is 1. The zero-order valence-electron chi connectivity index (χ0n) is 9.92. The van der Waals surface area contributed by atoms with E-state index >= 15 is 0 Å². The lowest BCUT2D eigenvalue weighted by Gasteiger charge is -2.17. The quantitative estimate of drug-likeness (QED) is 0.820. The second-order valence-electron chi connectivity index (χ2n) is 4.31. The van der Waals surface area contributed by atoms with Crippen molar-refractivity contribution < 1.29 is 27.0 Å². The van der Waals surface area contributed by atoms with E-state index in [0.717, 1.165) is 4.90 Å². The van der Waals surface area contributed by atoms with Crippen LogP contribution < -0.4 is 4.90 Å². The molecule has 1 fully saturated rings. The van der Waals surface area contributed by atoms with Gasteiger partial charge in [-0.25, -0.2) is 4.79 Å². The normalized spacial score (nSPS) is 19.4. The summed E-state index contributed by atoms with van der Waals surface area (Å²) in [5.74, 6) is -1.75. The lowest BCUT2D eigenvalue weighted by atomic mass is 10.2. The average molecular weight is 366 g/mol. The summed E-state index contributed by atoms with van der Waals surface area (Å²) in [5, 5.41) is 7.53. The average Bonchev–Trinajstić information content (AvgIpc) is 2.70. The molecule has 20 heavy (non-hydrogen) atoms. The molecular weight excluding hydrogens is 357 g/mol. The maximum atomic E-state index is 12.9. The van der Waals surface area contributed by atoms with E-state index in [-0.39, 0.29) is 17.8 Å². The molecule has 1 unspecified atom stereocenters. The summed E-state index contributed by atoms with van der Waals surface area (Å²) >= 11 is 3.11. The van der Waals surface area contributed by atoms with E-state index in [1.165, 1.54) is 18.2 Å². The molecule has 1 aromatic rings. The van der Waals surface area contributed by atoms with E-state index in [1.54, 1.807) is 0 Å². The van der Waals surface area contributed by atoms with Crippen molar-refractivity contribution in [2.45, 2.75) is 11.7 Å². The van der Waals surface area contributed by atoms with Crippen molar-refractivity contribution >= 4 is 43.7 Å². The van der Waals surface area contributed by atoms with E-state index < -0.39 is 33.8 Å². The fraction of sp³-hybridized carbons (Fsp3) is 0.273. The Labute approximate surface area is 122 Å². The molecule has 0 saturated carbocycles. The van der Waals surface area contributed by atoms with Crippen LogP contribution in [0.25, 0.3) is 0 Å². The monoisotopic (exact) mass is 365 g/mol. The van der Waals surface area contributed by atoms with Crippen LogP contribution >= 0.6 is 15.9 Å². The first-order valence-electron chi connectivity index (χ1n) is 5.46. The Morgan fingerprint density at radius 3 is 2.55 bits per heavy atom. The fourth-order valence-electron chi connectivity index (χ4n) is 1.97. The molecule has 2 rings (SSSR count). The van der Waals surface area contributed by atoms with E-state index in [4.69, 9.17) is 5.11 Å². The van der Waals surface area contributed by atoms with Crippen molar-refractivity contribution in [3.8, 4) is 0 Å². The molecule has 1 aromatic carbocycles. The topological polar surface area (TPSA) is 91.8 Å². The first-order valence-corrected chi connectivity index (χ1v) is 7.70. The molecule has 1 aliphatic heterocycles. The number of nitrogens with zero attached hydrogens (tertiary/aromatic N) is 1. The largest absolute Gasteiger partial charge is 0.478 e. The van der Waals surface area contributed by atoms with Crippen molar-refractivity contribution in [3.05, 3.63) is 28.2 Å². The van der Waals surface area contributed by atoms with Gasteiger partial charge in [0.05, 0.1) is 5.56 Å². The summed E-state index contributed by atoms with van der Waals surface area (Å²) in [7, 11) is -4.80. The number of hydrogen-bond acceptors (Lipinski definition) is 4. The van der Waals surface area contributed by atoms with Gasteiger partial charge in [0, 0.05) is 23.1 Å². The predicted octanol–water partition coefficient (Wildman–Crippen LogP) is 1.55. The van der Waals surface area contributed by atoms with Crippen LogP contribution in [-0.4, -0.2) is 37.2 Å². The number of rotatable bonds is 3. The number of amides is 1. The first kappa shape index (κ1) is 14.9. The summed E-state index contributed by atoms with van der Waals surface area (Å²) in [6, 6.07) is 4.05. The highest BCUT2D eigenvalue weighted by Gasteiger charge is 2.39. The summed E-state index contributed by atoms with van der Waals surface area (Å²) in [6.45, 7) is -0.326. The van der Waals surface area contributed by atoms with Crippen LogP contribution in [0.2, 0.25) is 0 Å². The molecule has 9 heteroatoms. The zero-order chi connectivity index (χ0) is 15.1. The fourth-order valence-corrected chi connectivity index (χ4v) is 3.12. The highest BCUT2D eigenvalue weighted by Crippen LogP contribution is 2.29. The Balaban J connectivity index is 2.38. The molecule has 1 saturated heterocycles. The van der Waals surface area contributed by atoms with Crippen LogP contribution in [0, 0.1) is 0 Å². The number of carbonyl (C=O) groups excluding carboxylic acids is 1. The highest BCUT2D eigenvalue weighted by molar-refractivity contribution is 9.10. The molecule has 1 aliphatic rings. The standard InChI is InChI=1S/C11H9BrFNO5S/c12-7-1-6(11(16)17)2-8(3-7)14-5-9(4-10(14)15)20(13,18)19/h1-3,9H,4-5H2,(H,16,17). The summed E-state index contributed by atoms with van der Waals surface area (Å²) in [6.07, 6.45) is -0.451. The van der Waals surface area contributed by atoms with Gasteiger partial charge >= 0.3 is 16.2 Å². The third kappa shape index (κ3) is 2.98. The second-order valence-corrected chi connectivity index (χ2v) is 6.84. The number of halogens is 2. The predicted molar refractivity (Wildman–Crippen MR) is 71.9 cm³/mol. The molecule has 0 bridgehead atoms. The summed E-state index contributed by atoms with van der Waals surface area (Å²) < 4.78 is 35.1. The minimum absolute atomic E-state index is 0.0614. The minimum atomic E-state index is -4.80. The van der Waals surface area contributed by atoms with Crippen molar-refractivity contribution in [1.82, 2.24) is 0 Å². The van der Waals surface area contributed by atoms with E-state index in [1.807, 2.05) is 0 Å². The third-order valence-electron chi connectivity index (χ3n) is 2.93. The highest BCUT2D eigenvalue weighted by atomic mass is 79.9. The number of carboxylic acid groups (broad SMARTS) is 1. The Kier molecular flexibility index (Phi) is 3.83. The van der Waals surface area contributed by atoms with Crippen molar-refractivity contribution in [2.24, 2.45) is 0 Å². The van der Waals surface area contributed by atoms with Crippen LogP contribution in [0.1, 0.15) is 16.8 Å². The maximum Gasteiger partial charge on any atom is 0.335 e. The van der Waals surface area contributed by atoms with E-state index in [2.05, 4.69) is 15.9 Å². The number of carboxylic acids is 1. The molecule has 1 amide bonds. The van der Waals surface area contributed by atoms with Crippen LogP contribution in [0.15, 0.2) is 22.7 Å². The molecule has 108 valence electrons. The minimum Gasteiger partial charge on any atom is -0.478 e. The SMILES string of the molecule is O=C(O)c1cc(Br)cc(N2CC(S(=O)(=O)F)CC2=O)c1. The van der Waals surface area contributed by atoms with Gasteiger partial charge in [0.2, 0.25) is 5.91 Å². The number of aromatic carboxylic acids is 1. The van der Waals surface area contributed by atoms with Gasteiger partial charge in [-0.05, 0) is 18.2 Å². The van der Waals surface area contributed by atoms with Gasteiger partial charge in [-0.3, -0.25) is 4.79 Å². The van der Waals surface area contributed by atoms with Gasteiger partial charge in [-0.15, -0.1) is 3.89 Å². The molecule has 0 aromatic heterocycles. The molecule has 1 atom stereocenters. The van der Waals surface area contributed by atoms with E-state index in [0.29, 0.717) is 4.47 Å². The maximum absolute atomic E-state index is 12.9. The van der Waals surface area contributed by atoms with E-state index in [9.17, 15) is 21.9 Å².